The molecule has 0 saturated carbocycles. The summed E-state index contributed by atoms with van der Waals surface area (Å²) >= 11 is 0. The number of benzene rings is 1. The topological polar surface area (TPSA) is 237 Å². The molecule has 0 aliphatic carbocycles. The second-order valence-corrected chi connectivity index (χ2v) is 8.64. The van der Waals surface area contributed by atoms with Crippen molar-refractivity contribution >= 4 is 35.6 Å². The van der Waals surface area contributed by atoms with Crippen molar-refractivity contribution in [3.05, 3.63) is 29.8 Å². The molecule has 1 aromatic rings. The monoisotopic (exact) mass is 521 g/mol. The van der Waals surface area contributed by atoms with E-state index < -0.39 is 79.0 Å². The van der Waals surface area contributed by atoms with Gasteiger partial charge in [0, 0.05) is 12.8 Å². The third kappa shape index (κ3) is 9.76. The van der Waals surface area contributed by atoms with Crippen LogP contribution in [0.4, 0.5) is 0 Å². The molecule has 0 aromatic heterocycles. The summed E-state index contributed by atoms with van der Waals surface area (Å²) < 4.78 is 0. The van der Waals surface area contributed by atoms with E-state index >= 15 is 0 Å². The SMILES string of the molecule is NC(=O)CC(NC(=O)C1CCCN1)C(=O)NC(Cc1ccc(O)cc1)C(=O)NC(CCC(=O)O)C(=O)O. The van der Waals surface area contributed by atoms with Crippen molar-refractivity contribution in [2.45, 2.75) is 62.7 Å². The average Bonchev–Trinajstić information content (AvgIpc) is 3.36. The van der Waals surface area contributed by atoms with Gasteiger partial charge in [-0.05, 0) is 43.5 Å². The number of carboxylic acids is 2. The highest BCUT2D eigenvalue weighted by Crippen LogP contribution is 2.12. The summed E-state index contributed by atoms with van der Waals surface area (Å²) in [5, 5.41) is 37.8. The molecule has 4 atom stereocenters. The van der Waals surface area contributed by atoms with E-state index in [1.54, 1.807) is 0 Å². The van der Waals surface area contributed by atoms with Crippen molar-refractivity contribution in [3.8, 4) is 5.75 Å². The van der Waals surface area contributed by atoms with E-state index in [-0.39, 0.29) is 12.2 Å². The van der Waals surface area contributed by atoms with Crippen LogP contribution in [-0.2, 0) is 35.2 Å². The minimum Gasteiger partial charge on any atom is -0.508 e. The Morgan fingerprint density at radius 1 is 0.946 bits per heavy atom. The largest absolute Gasteiger partial charge is 0.508 e. The highest BCUT2D eigenvalue weighted by Gasteiger charge is 2.32. The highest BCUT2D eigenvalue weighted by molar-refractivity contribution is 5.96. The Morgan fingerprint density at radius 3 is 2.11 bits per heavy atom. The first-order valence-corrected chi connectivity index (χ1v) is 11.6. The first kappa shape index (κ1) is 29.0. The fourth-order valence-corrected chi connectivity index (χ4v) is 3.74. The number of nitrogens with two attached hydrogens (primary N) is 1. The summed E-state index contributed by atoms with van der Waals surface area (Å²) in [5.74, 6) is -5.99. The molecule has 0 radical (unpaired) electrons. The van der Waals surface area contributed by atoms with Gasteiger partial charge in [0.25, 0.3) is 0 Å². The van der Waals surface area contributed by atoms with Crippen molar-refractivity contribution < 1.29 is 44.1 Å². The maximum absolute atomic E-state index is 13.1. The van der Waals surface area contributed by atoms with Gasteiger partial charge in [-0.25, -0.2) is 4.79 Å². The molecular formula is C23H31N5O9. The van der Waals surface area contributed by atoms with E-state index in [0.29, 0.717) is 18.5 Å². The summed E-state index contributed by atoms with van der Waals surface area (Å²) in [6.45, 7) is 0.617. The van der Waals surface area contributed by atoms with E-state index in [1.807, 2.05) is 0 Å². The number of nitrogens with one attached hydrogen (secondary N) is 4. The Balaban J connectivity index is 2.22. The summed E-state index contributed by atoms with van der Waals surface area (Å²) in [7, 11) is 0. The van der Waals surface area contributed by atoms with Crippen LogP contribution < -0.4 is 27.0 Å². The summed E-state index contributed by atoms with van der Waals surface area (Å²) in [4.78, 5) is 72.5. The maximum atomic E-state index is 13.1. The van der Waals surface area contributed by atoms with Gasteiger partial charge in [0.05, 0.1) is 12.5 Å². The molecule has 1 saturated heterocycles. The molecule has 1 aliphatic heterocycles. The van der Waals surface area contributed by atoms with Crippen LogP contribution in [0.5, 0.6) is 5.75 Å². The lowest BCUT2D eigenvalue weighted by Gasteiger charge is -2.25. The maximum Gasteiger partial charge on any atom is 0.326 e. The van der Waals surface area contributed by atoms with E-state index in [0.717, 1.165) is 6.42 Å². The number of hydrogen-bond acceptors (Lipinski definition) is 8. The number of primary amides is 1. The summed E-state index contributed by atoms with van der Waals surface area (Å²) in [6.07, 6.45) is -0.320. The Morgan fingerprint density at radius 2 is 1.57 bits per heavy atom. The van der Waals surface area contributed by atoms with Crippen LogP contribution in [0.15, 0.2) is 24.3 Å². The van der Waals surface area contributed by atoms with Crippen molar-refractivity contribution in [3.63, 3.8) is 0 Å². The number of aliphatic carboxylic acids is 2. The Labute approximate surface area is 212 Å². The molecule has 4 amide bonds. The van der Waals surface area contributed by atoms with Crippen LogP contribution in [0.25, 0.3) is 0 Å². The number of rotatable bonds is 14. The first-order chi connectivity index (χ1) is 17.5. The molecule has 14 nitrogen and oxygen atoms in total. The van der Waals surface area contributed by atoms with Crippen LogP contribution >= 0.6 is 0 Å². The van der Waals surface area contributed by atoms with Gasteiger partial charge >= 0.3 is 11.9 Å². The van der Waals surface area contributed by atoms with Crippen LogP contribution in [0.2, 0.25) is 0 Å². The number of aromatic hydroxyl groups is 1. The number of carbonyl (C=O) groups is 6. The van der Waals surface area contributed by atoms with E-state index in [4.69, 9.17) is 10.8 Å². The highest BCUT2D eigenvalue weighted by atomic mass is 16.4. The van der Waals surface area contributed by atoms with Gasteiger partial charge in [-0.15, -0.1) is 0 Å². The van der Waals surface area contributed by atoms with Crippen LogP contribution in [0.3, 0.4) is 0 Å². The molecule has 1 aliphatic rings. The summed E-state index contributed by atoms with van der Waals surface area (Å²) in [5.41, 5.74) is 5.73. The minimum absolute atomic E-state index is 0.0434. The lowest BCUT2D eigenvalue weighted by molar-refractivity contribution is -0.143. The minimum atomic E-state index is -1.54. The zero-order chi connectivity index (χ0) is 27.5. The molecule has 202 valence electrons. The van der Waals surface area contributed by atoms with Crippen LogP contribution in [-0.4, -0.2) is 81.6 Å². The molecule has 1 heterocycles. The van der Waals surface area contributed by atoms with Gasteiger partial charge in [-0.2, -0.15) is 0 Å². The van der Waals surface area contributed by atoms with Gasteiger partial charge in [0.15, 0.2) is 0 Å². The van der Waals surface area contributed by atoms with Gasteiger partial charge in [-0.3, -0.25) is 24.0 Å². The number of phenols is 1. The van der Waals surface area contributed by atoms with Crippen molar-refractivity contribution in [1.82, 2.24) is 21.3 Å². The number of phenolic OH excluding ortho intramolecular Hbond substituents is 1. The summed E-state index contributed by atoms with van der Waals surface area (Å²) in [6, 6.07) is 0.797. The van der Waals surface area contributed by atoms with Crippen LogP contribution in [0, 0.1) is 0 Å². The van der Waals surface area contributed by atoms with Crippen LogP contribution in [0.1, 0.15) is 37.7 Å². The first-order valence-electron chi connectivity index (χ1n) is 11.6. The van der Waals surface area contributed by atoms with Crippen molar-refractivity contribution in [1.29, 1.82) is 0 Å². The zero-order valence-corrected chi connectivity index (χ0v) is 19.9. The predicted molar refractivity (Wildman–Crippen MR) is 127 cm³/mol. The lowest BCUT2D eigenvalue weighted by atomic mass is 10.0. The number of carbonyl (C=O) groups excluding carboxylic acids is 4. The molecule has 2 rings (SSSR count). The van der Waals surface area contributed by atoms with E-state index in [9.17, 15) is 39.0 Å². The van der Waals surface area contributed by atoms with Gasteiger partial charge in [-0.1, -0.05) is 12.1 Å². The lowest BCUT2D eigenvalue weighted by Crippen LogP contribution is -2.58. The van der Waals surface area contributed by atoms with Gasteiger partial charge in [0.1, 0.15) is 23.9 Å². The third-order valence-electron chi connectivity index (χ3n) is 5.69. The average molecular weight is 522 g/mol. The number of amides is 4. The third-order valence-corrected chi connectivity index (χ3v) is 5.69. The zero-order valence-electron chi connectivity index (χ0n) is 19.9. The Kier molecular flexibility index (Phi) is 10.8. The van der Waals surface area contributed by atoms with E-state index in [1.165, 1.54) is 24.3 Å². The fraction of sp³-hybridized carbons (Fsp3) is 0.478. The van der Waals surface area contributed by atoms with Crippen molar-refractivity contribution in [2.75, 3.05) is 6.54 Å². The second-order valence-electron chi connectivity index (χ2n) is 8.64. The fourth-order valence-electron chi connectivity index (χ4n) is 3.74. The Bertz CT molecular complexity index is 1010. The van der Waals surface area contributed by atoms with Gasteiger partial charge < -0.3 is 42.3 Å². The van der Waals surface area contributed by atoms with Gasteiger partial charge in [0.2, 0.25) is 23.6 Å². The quantitative estimate of drug-likeness (QED) is 0.133. The molecule has 4 unspecified atom stereocenters. The molecule has 1 fully saturated rings. The molecule has 0 bridgehead atoms. The molecule has 1 aromatic carbocycles. The standard InChI is InChI=1S/C23H31N5O9/c24-18(30)11-17(28-20(33)14-2-1-9-25-14)22(35)27-16(10-12-3-5-13(29)6-4-12)21(34)26-15(23(36)37)7-8-19(31)32/h3-6,14-17,25,29H,1-2,7-11H2,(H2,24,30)(H,26,34)(H,27,35)(H,28,33)(H,31,32)(H,36,37). The molecule has 9 N–H and O–H groups in total. The predicted octanol–water partition coefficient (Wildman–Crippen LogP) is -2.03. The molecule has 14 heteroatoms. The normalized spacial score (nSPS) is 17.1. The van der Waals surface area contributed by atoms with Crippen molar-refractivity contribution in [2.24, 2.45) is 5.73 Å². The molecule has 0 spiro atoms. The number of carboxylic acid groups (broad SMARTS) is 2. The second kappa shape index (κ2) is 13.8. The van der Waals surface area contributed by atoms with E-state index in [2.05, 4.69) is 21.3 Å². The number of hydrogen-bond donors (Lipinski definition) is 8. The molecular weight excluding hydrogens is 490 g/mol. The molecule has 37 heavy (non-hydrogen) atoms. The Hall–Kier alpha value is -4.20. The smallest absolute Gasteiger partial charge is 0.326 e.